The van der Waals surface area contributed by atoms with Crippen molar-refractivity contribution in [2.75, 3.05) is 7.11 Å². The monoisotopic (exact) mass is 624 g/mol. The van der Waals surface area contributed by atoms with Gasteiger partial charge in [0, 0.05) is 6.42 Å². The van der Waals surface area contributed by atoms with E-state index in [1.165, 1.54) is 51.4 Å². The van der Waals surface area contributed by atoms with Gasteiger partial charge < -0.3 is 9.47 Å². The minimum atomic E-state index is -0.241. The number of methoxy groups -OCH3 is 1. The molecule has 0 aromatic heterocycles. The van der Waals surface area contributed by atoms with Crippen LogP contribution in [0.25, 0.3) is 0 Å². The summed E-state index contributed by atoms with van der Waals surface area (Å²) in [6.07, 6.45) is 16.5. The summed E-state index contributed by atoms with van der Waals surface area (Å²) >= 11 is 0. The Kier molecular flexibility index (Phi) is 9.78. The number of esters is 1. The second-order valence-corrected chi connectivity index (χ2v) is 16.0. The Bertz CT molecular complexity index is 1410. The highest BCUT2D eigenvalue weighted by molar-refractivity contribution is 5.89. The van der Waals surface area contributed by atoms with Crippen LogP contribution in [0.15, 0.2) is 70.4 Å². The van der Waals surface area contributed by atoms with E-state index >= 15 is 0 Å². The van der Waals surface area contributed by atoms with Gasteiger partial charge in [-0.05, 0) is 140 Å². The Hall–Kier alpha value is -2.95. The minimum Gasteiger partial charge on any atom is -0.497 e. The van der Waals surface area contributed by atoms with E-state index in [0.29, 0.717) is 16.7 Å². The van der Waals surface area contributed by atoms with Crippen LogP contribution < -0.4 is 4.74 Å². The maximum atomic E-state index is 13.2. The van der Waals surface area contributed by atoms with Gasteiger partial charge >= 0.3 is 5.97 Å². The molecule has 3 fully saturated rings. The molecule has 5 heteroatoms. The van der Waals surface area contributed by atoms with E-state index in [0.717, 1.165) is 66.2 Å². The predicted molar refractivity (Wildman–Crippen MR) is 186 cm³/mol. The molecule has 2 aromatic carbocycles. The molecule has 0 heterocycles. The van der Waals surface area contributed by atoms with Gasteiger partial charge in [-0.25, -0.2) is 4.79 Å². The normalized spacial score (nSPS) is 32.8. The number of ether oxygens (including phenoxy) is 2. The molecule has 8 atom stereocenters. The molecule has 46 heavy (non-hydrogen) atoms. The number of carbonyl (C=O) groups is 1. The average Bonchev–Trinajstić information content (AvgIpc) is 3.41. The van der Waals surface area contributed by atoms with Crippen LogP contribution in [-0.4, -0.2) is 19.2 Å². The predicted octanol–water partition coefficient (Wildman–Crippen LogP) is 11.7. The van der Waals surface area contributed by atoms with Gasteiger partial charge in [0.2, 0.25) is 0 Å². The van der Waals surface area contributed by atoms with Crippen molar-refractivity contribution in [2.24, 2.45) is 56.6 Å². The summed E-state index contributed by atoms with van der Waals surface area (Å²) < 4.78 is 11.3. The van der Waals surface area contributed by atoms with Crippen LogP contribution in [0.3, 0.4) is 0 Å². The third-order valence-corrected chi connectivity index (χ3v) is 13.0. The molecule has 248 valence electrons. The standard InChI is InChI=1S/C41H56N2O3/c1-27(2)8-7-9-28(3)36-20-21-37-35-19-12-30-26-34(22-24-40(30,4)38(35)23-25-41(36,37)5)46-39(44)29-10-13-31(14-11-29)42-43-32-15-17-33(45-6)18-16-32/h10-18,27-28,34-38H,7-9,19-26H2,1-6H3/t28-,34+,35+,36-,37+,38+,40+,41-/m1/s1. The topological polar surface area (TPSA) is 60.2 Å². The number of benzene rings is 2. The Labute approximate surface area is 277 Å². The molecule has 0 radical (unpaired) electrons. The van der Waals surface area contributed by atoms with Gasteiger partial charge in [-0.15, -0.1) is 0 Å². The molecule has 0 N–H and O–H groups in total. The number of allylic oxidation sites excluding steroid dienone is 1. The van der Waals surface area contributed by atoms with E-state index in [4.69, 9.17) is 9.47 Å². The summed E-state index contributed by atoms with van der Waals surface area (Å²) in [6, 6.07) is 14.7. The molecule has 0 spiro atoms. The van der Waals surface area contributed by atoms with Crippen LogP contribution in [0.1, 0.15) is 116 Å². The molecule has 3 saturated carbocycles. The summed E-state index contributed by atoms with van der Waals surface area (Å²) in [7, 11) is 1.64. The Morgan fingerprint density at radius 1 is 0.870 bits per heavy atom. The Morgan fingerprint density at radius 2 is 1.57 bits per heavy atom. The van der Waals surface area contributed by atoms with E-state index in [-0.39, 0.29) is 17.5 Å². The Morgan fingerprint density at radius 3 is 2.24 bits per heavy atom. The molecule has 6 rings (SSSR count). The summed E-state index contributed by atoms with van der Waals surface area (Å²) in [6.45, 7) is 12.5. The van der Waals surface area contributed by atoms with Gasteiger partial charge in [-0.1, -0.05) is 65.5 Å². The minimum absolute atomic E-state index is 0.0470. The lowest BCUT2D eigenvalue weighted by atomic mass is 9.47. The molecule has 0 amide bonds. The van der Waals surface area contributed by atoms with Crippen molar-refractivity contribution in [3.63, 3.8) is 0 Å². The quantitative estimate of drug-likeness (QED) is 0.150. The number of hydrogen-bond donors (Lipinski definition) is 0. The van der Waals surface area contributed by atoms with Crippen LogP contribution in [0, 0.1) is 46.3 Å². The van der Waals surface area contributed by atoms with Gasteiger partial charge in [-0.3, -0.25) is 0 Å². The molecule has 0 aliphatic heterocycles. The largest absolute Gasteiger partial charge is 0.497 e. The lowest BCUT2D eigenvalue weighted by Crippen LogP contribution is -2.51. The lowest BCUT2D eigenvalue weighted by molar-refractivity contribution is -0.0594. The molecule has 5 nitrogen and oxygen atoms in total. The summed E-state index contributed by atoms with van der Waals surface area (Å²) in [5, 5.41) is 8.60. The second-order valence-electron chi connectivity index (χ2n) is 16.0. The zero-order valence-electron chi connectivity index (χ0n) is 29.1. The van der Waals surface area contributed by atoms with Crippen molar-refractivity contribution >= 4 is 17.3 Å². The highest BCUT2D eigenvalue weighted by Crippen LogP contribution is 2.67. The third kappa shape index (κ3) is 6.58. The van der Waals surface area contributed by atoms with E-state index in [9.17, 15) is 4.79 Å². The van der Waals surface area contributed by atoms with E-state index in [2.05, 4.69) is 50.9 Å². The van der Waals surface area contributed by atoms with E-state index < -0.39 is 0 Å². The smallest absolute Gasteiger partial charge is 0.338 e. The van der Waals surface area contributed by atoms with Crippen LogP contribution >= 0.6 is 0 Å². The van der Waals surface area contributed by atoms with Gasteiger partial charge in [-0.2, -0.15) is 10.2 Å². The number of azo groups is 1. The maximum absolute atomic E-state index is 13.2. The fourth-order valence-electron chi connectivity index (χ4n) is 10.4. The fraction of sp³-hybridized carbons (Fsp3) is 0.634. The molecule has 0 unspecified atom stereocenters. The lowest BCUT2D eigenvalue weighted by Gasteiger charge is -2.58. The molecule has 0 bridgehead atoms. The first-order valence-corrected chi connectivity index (χ1v) is 18.2. The van der Waals surface area contributed by atoms with Gasteiger partial charge in [0.15, 0.2) is 0 Å². The number of rotatable bonds is 10. The first-order chi connectivity index (χ1) is 22.1. The molecule has 0 saturated heterocycles. The molecule has 4 aliphatic carbocycles. The summed E-state index contributed by atoms with van der Waals surface area (Å²) in [5.74, 6) is 5.56. The number of fused-ring (bicyclic) bond motifs is 5. The molecule has 2 aromatic rings. The molecule has 4 aliphatic rings. The summed E-state index contributed by atoms with van der Waals surface area (Å²) in [5.41, 5.74) is 4.33. The Balaban J connectivity index is 1.05. The zero-order valence-corrected chi connectivity index (χ0v) is 29.1. The number of hydrogen-bond acceptors (Lipinski definition) is 5. The second kappa shape index (κ2) is 13.6. The zero-order chi connectivity index (χ0) is 32.5. The maximum Gasteiger partial charge on any atom is 0.338 e. The van der Waals surface area contributed by atoms with Gasteiger partial charge in [0.25, 0.3) is 0 Å². The average molecular weight is 625 g/mol. The van der Waals surface area contributed by atoms with Crippen LogP contribution in [-0.2, 0) is 4.74 Å². The fourth-order valence-corrected chi connectivity index (χ4v) is 10.4. The van der Waals surface area contributed by atoms with Crippen LogP contribution in [0.4, 0.5) is 11.4 Å². The van der Waals surface area contributed by atoms with Crippen molar-refractivity contribution < 1.29 is 14.3 Å². The van der Waals surface area contributed by atoms with Crippen molar-refractivity contribution in [3.8, 4) is 5.75 Å². The van der Waals surface area contributed by atoms with Crippen molar-refractivity contribution in [3.05, 3.63) is 65.7 Å². The highest BCUT2D eigenvalue weighted by Gasteiger charge is 2.59. The van der Waals surface area contributed by atoms with Crippen molar-refractivity contribution in [2.45, 2.75) is 111 Å². The van der Waals surface area contributed by atoms with E-state index in [1.54, 1.807) is 24.8 Å². The highest BCUT2D eigenvalue weighted by atomic mass is 16.5. The van der Waals surface area contributed by atoms with Crippen molar-refractivity contribution in [1.82, 2.24) is 0 Å². The first kappa shape index (κ1) is 33.0. The van der Waals surface area contributed by atoms with E-state index in [1.807, 2.05) is 36.4 Å². The third-order valence-electron chi connectivity index (χ3n) is 13.0. The van der Waals surface area contributed by atoms with Crippen LogP contribution in [0.2, 0.25) is 0 Å². The SMILES string of the molecule is COc1ccc(N=Nc2ccc(C(=O)O[C@H]3CC[C@@]4(C)C(=CC[C@H]5[C@@H]6CC[C@H]([C@H](C)CCCC(C)C)[C@@]6(C)CC[C@@H]54)C3)cc2)cc1. The van der Waals surface area contributed by atoms with Gasteiger partial charge in [0.1, 0.15) is 11.9 Å². The molecular weight excluding hydrogens is 568 g/mol. The van der Waals surface area contributed by atoms with Crippen molar-refractivity contribution in [1.29, 1.82) is 0 Å². The van der Waals surface area contributed by atoms with Gasteiger partial charge in [0.05, 0.1) is 24.0 Å². The molecular formula is C41H56N2O3. The van der Waals surface area contributed by atoms with Crippen LogP contribution in [0.5, 0.6) is 5.75 Å². The first-order valence-electron chi connectivity index (χ1n) is 18.2. The summed E-state index contributed by atoms with van der Waals surface area (Å²) in [4.78, 5) is 13.2. The number of nitrogens with zero attached hydrogens (tertiary/aromatic N) is 2. The number of carbonyl (C=O) groups excluding carboxylic acids is 1.